The highest BCUT2D eigenvalue weighted by atomic mass is 15.4. The first-order chi connectivity index (χ1) is 8.40. The van der Waals surface area contributed by atoms with E-state index in [2.05, 4.69) is 37.7 Å². The summed E-state index contributed by atoms with van der Waals surface area (Å²) in [6, 6.07) is 0. The van der Waals surface area contributed by atoms with Gasteiger partial charge in [-0.2, -0.15) is 5.10 Å². The maximum atomic E-state index is 6.30. The fourth-order valence-corrected chi connectivity index (χ4v) is 3.19. The summed E-state index contributed by atoms with van der Waals surface area (Å²) in [5.41, 5.74) is 8.20. The third-order valence-corrected chi connectivity index (χ3v) is 3.80. The van der Waals surface area contributed by atoms with E-state index in [0.717, 1.165) is 42.1 Å². The molecule has 2 heterocycles. The lowest BCUT2D eigenvalue weighted by atomic mass is 9.92. The second-order valence-corrected chi connectivity index (χ2v) is 6.25. The Morgan fingerprint density at radius 1 is 1.22 bits per heavy atom. The zero-order valence-electron chi connectivity index (χ0n) is 12.3. The zero-order valence-corrected chi connectivity index (χ0v) is 12.3. The van der Waals surface area contributed by atoms with Crippen molar-refractivity contribution in [2.75, 3.05) is 23.7 Å². The van der Waals surface area contributed by atoms with E-state index in [1.54, 1.807) is 0 Å². The minimum atomic E-state index is 0.379. The van der Waals surface area contributed by atoms with Gasteiger partial charge in [-0.25, -0.2) is 0 Å². The largest absolute Gasteiger partial charge is 0.394 e. The molecule has 0 radical (unpaired) electrons. The fourth-order valence-electron chi connectivity index (χ4n) is 3.19. The number of nitrogens with zero attached hydrogens (tertiary/aromatic N) is 3. The first-order valence-corrected chi connectivity index (χ1v) is 6.97. The molecule has 0 spiro atoms. The predicted molar refractivity (Wildman–Crippen MR) is 76.9 cm³/mol. The van der Waals surface area contributed by atoms with Gasteiger partial charge in [-0.05, 0) is 24.2 Å². The van der Waals surface area contributed by atoms with Crippen LogP contribution in [0.5, 0.6) is 0 Å². The number of nitrogen functional groups attached to an aromatic ring is 1. The van der Waals surface area contributed by atoms with Gasteiger partial charge in [0.15, 0.2) is 0 Å². The van der Waals surface area contributed by atoms with E-state index >= 15 is 0 Å². The molecule has 0 bridgehead atoms. The molecule has 2 N–H and O–H groups in total. The summed E-state index contributed by atoms with van der Waals surface area (Å²) in [5, 5.41) is 4.58. The van der Waals surface area contributed by atoms with Gasteiger partial charge in [-0.1, -0.05) is 27.7 Å². The van der Waals surface area contributed by atoms with Crippen LogP contribution in [0.15, 0.2) is 0 Å². The molecule has 2 rings (SSSR count). The highest BCUT2D eigenvalue weighted by Gasteiger charge is 2.27. The van der Waals surface area contributed by atoms with Crippen molar-refractivity contribution < 1.29 is 0 Å². The lowest BCUT2D eigenvalue weighted by molar-refractivity contribution is 0.353. The maximum Gasteiger partial charge on any atom is 0.150 e. The first-order valence-electron chi connectivity index (χ1n) is 6.97. The number of anilines is 2. The van der Waals surface area contributed by atoms with Crippen LogP contribution in [0.2, 0.25) is 0 Å². The molecule has 1 aliphatic rings. The van der Waals surface area contributed by atoms with Crippen molar-refractivity contribution in [1.29, 1.82) is 0 Å². The summed E-state index contributed by atoms with van der Waals surface area (Å²) in [6.07, 6.45) is 1.31. The van der Waals surface area contributed by atoms with Crippen LogP contribution in [0.1, 0.15) is 45.7 Å². The van der Waals surface area contributed by atoms with Gasteiger partial charge < -0.3 is 10.6 Å². The Labute approximate surface area is 110 Å². The van der Waals surface area contributed by atoms with E-state index in [9.17, 15) is 0 Å². The van der Waals surface area contributed by atoms with Gasteiger partial charge in [0.1, 0.15) is 5.82 Å². The van der Waals surface area contributed by atoms with Gasteiger partial charge in [0, 0.05) is 20.1 Å². The molecule has 4 heteroatoms. The lowest BCUT2D eigenvalue weighted by Gasteiger charge is -2.36. The van der Waals surface area contributed by atoms with Crippen molar-refractivity contribution in [1.82, 2.24) is 9.78 Å². The molecule has 1 aromatic rings. The second kappa shape index (κ2) is 4.82. The summed E-state index contributed by atoms with van der Waals surface area (Å²) in [5.74, 6) is 2.94. The molecule has 18 heavy (non-hydrogen) atoms. The van der Waals surface area contributed by atoms with Crippen LogP contribution in [-0.4, -0.2) is 22.9 Å². The lowest BCUT2D eigenvalue weighted by Crippen LogP contribution is -2.40. The summed E-state index contributed by atoms with van der Waals surface area (Å²) < 4.78 is 1.95. The molecule has 2 unspecified atom stereocenters. The molecule has 1 aromatic heterocycles. The molecule has 0 aliphatic carbocycles. The van der Waals surface area contributed by atoms with E-state index in [1.165, 1.54) is 6.42 Å². The summed E-state index contributed by atoms with van der Waals surface area (Å²) in [6.45, 7) is 11.1. The average molecular weight is 250 g/mol. The van der Waals surface area contributed by atoms with E-state index in [4.69, 9.17) is 5.73 Å². The number of aryl methyl sites for hydroxylation is 1. The van der Waals surface area contributed by atoms with Gasteiger partial charge in [-0.3, -0.25) is 4.68 Å². The van der Waals surface area contributed by atoms with Gasteiger partial charge in [-0.15, -0.1) is 0 Å². The number of hydrogen-bond acceptors (Lipinski definition) is 3. The number of aromatic nitrogens is 2. The normalized spacial score (nSPS) is 24.9. The molecular weight excluding hydrogens is 224 g/mol. The maximum absolute atomic E-state index is 6.30. The second-order valence-electron chi connectivity index (χ2n) is 6.25. The Hall–Kier alpha value is -1.19. The molecule has 1 saturated heterocycles. The fraction of sp³-hybridized carbons (Fsp3) is 0.786. The Balaban J connectivity index is 2.33. The SMILES string of the molecule is CC1CC(C)CN(c2c(N)c(C(C)C)nn2C)C1. The van der Waals surface area contributed by atoms with Crippen LogP contribution in [0.25, 0.3) is 0 Å². The highest BCUT2D eigenvalue weighted by molar-refractivity contribution is 5.67. The molecule has 0 aromatic carbocycles. The van der Waals surface area contributed by atoms with Crippen LogP contribution in [0, 0.1) is 11.8 Å². The molecule has 0 saturated carbocycles. The number of hydrogen-bond donors (Lipinski definition) is 1. The quantitative estimate of drug-likeness (QED) is 0.877. The van der Waals surface area contributed by atoms with E-state index in [1.807, 2.05) is 11.7 Å². The Kier molecular flexibility index (Phi) is 3.55. The van der Waals surface area contributed by atoms with Gasteiger partial charge in [0.2, 0.25) is 0 Å². The first kappa shape index (κ1) is 13.2. The Bertz CT molecular complexity index is 412. The molecule has 0 amide bonds. The van der Waals surface area contributed by atoms with Crippen molar-refractivity contribution in [3.63, 3.8) is 0 Å². The number of piperidine rings is 1. The van der Waals surface area contributed by atoms with Crippen LogP contribution >= 0.6 is 0 Å². The number of rotatable bonds is 2. The minimum Gasteiger partial charge on any atom is -0.394 e. The van der Waals surface area contributed by atoms with Gasteiger partial charge >= 0.3 is 0 Å². The van der Waals surface area contributed by atoms with Crippen LogP contribution in [0.4, 0.5) is 11.5 Å². The molecule has 2 atom stereocenters. The smallest absolute Gasteiger partial charge is 0.150 e. The summed E-state index contributed by atoms with van der Waals surface area (Å²) in [4.78, 5) is 2.41. The van der Waals surface area contributed by atoms with Gasteiger partial charge in [0.25, 0.3) is 0 Å². The zero-order chi connectivity index (χ0) is 13.4. The monoisotopic (exact) mass is 250 g/mol. The van der Waals surface area contributed by atoms with Crippen LogP contribution in [0.3, 0.4) is 0 Å². The average Bonchev–Trinajstić information content (AvgIpc) is 2.52. The number of nitrogens with two attached hydrogens (primary N) is 1. The van der Waals surface area contributed by atoms with Crippen molar-refractivity contribution >= 4 is 11.5 Å². The Morgan fingerprint density at radius 3 is 2.22 bits per heavy atom. The standard InChI is InChI=1S/C14H26N4/c1-9(2)13-12(15)14(17(5)16-13)18-7-10(3)6-11(4)8-18/h9-11H,6-8,15H2,1-5H3. The van der Waals surface area contributed by atoms with Crippen molar-refractivity contribution in [2.24, 2.45) is 18.9 Å². The molecule has 4 nitrogen and oxygen atoms in total. The third kappa shape index (κ3) is 2.33. The molecular formula is C14H26N4. The van der Waals surface area contributed by atoms with Crippen molar-refractivity contribution in [3.05, 3.63) is 5.69 Å². The highest BCUT2D eigenvalue weighted by Crippen LogP contribution is 2.34. The van der Waals surface area contributed by atoms with Crippen LogP contribution < -0.4 is 10.6 Å². The van der Waals surface area contributed by atoms with Gasteiger partial charge in [0.05, 0.1) is 11.4 Å². The molecule has 102 valence electrons. The van der Waals surface area contributed by atoms with Crippen molar-refractivity contribution in [3.8, 4) is 0 Å². The Morgan fingerprint density at radius 2 is 1.78 bits per heavy atom. The molecule has 1 fully saturated rings. The molecule has 1 aliphatic heterocycles. The topological polar surface area (TPSA) is 47.1 Å². The van der Waals surface area contributed by atoms with Crippen LogP contribution in [-0.2, 0) is 7.05 Å². The summed E-state index contributed by atoms with van der Waals surface area (Å²) in [7, 11) is 2.00. The van der Waals surface area contributed by atoms with Crippen molar-refractivity contribution in [2.45, 2.75) is 40.0 Å². The van der Waals surface area contributed by atoms with E-state index < -0.39 is 0 Å². The van der Waals surface area contributed by atoms with E-state index in [0.29, 0.717) is 5.92 Å². The minimum absolute atomic E-state index is 0.379. The predicted octanol–water partition coefficient (Wildman–Crippen LogP) is 2.61. The van der Waals surface area contributed by atoms with E-state index in [-0.39, 0.29) is 0 Å². The summed E-state index contributed by atoms with van der Waals surface area (Å²) >= 11 is 0. The third-order valence-electron chi connectivity index (χ3n) is 3.80.